The molecule has 8 heteroatoms. The molecule has 4 aromatic rings. The van der Waals surface area contributed by atoms with Crippen molar-refractivity contribution in [1.29, 1.82) is 0 Å². The van der Waals surface area contributed by atoms with Crippen molar-refractivity contribution in [3.63, 3.8) is 0 Å². The highest BCUT2D eigenvalue weighted by molar-refractivity contribution is 7.13. The van der Waals surface area contributed by atoms with Crippen LogP contribution in [0.2, 0.25) is 0 Å². The van der Waals surface area contributed by atoms with Gasteiger partial charge in [-0.25, -0.2) is 9.48 Å². The summed E-state index contributed by atoms with van der Waals surface area (Å²) < 4.78 is 12.0. The molecule has 140 valence electrons. The zero-order valence-corrected chi connectivity index (χ0v) is 15.7. The summed E-state index contributed by atoms with van der Waals surface area (Å²) in [6, 6.07) is 16.1. The smallest absolute Gasteiger partial charge is 0.363 e. The molecule has 0 amide bonds. The molecule has 0 N–H and O–H groups in total. The van der Waals surface area contributed by atoms with Gasteiger partial charge >= 0.3 is 5.97 Å². The van der Waals surface area contributed by atoms with E-state index in [2.05, 4.69) is 10.3 Å². The van der Waals surface area contributed by atoms with E-state index in [0.29, 0.717) is 17.1 Å². The topological polar surface area (TPSA) is 87.2 Å². The number of aromatic nitrogens is 3. The Morgan fingerprint density at radius 1 is 1.18 bits per heavy atom. The Bertz CT molecular complexity index is 1160. The molecular formula is C20H15N3O4S. The number of benzene rings is 1. The van der Waals surface area contributed by atoms with Gasteiger partial charge in [0.15, 0.2) is 5.76 Å². The second-order valence-corrected chi connectivity index (χ2v) is 6.93. The molecule has 0 fully saturated rings. The third-order valence-electron chi connectivity index (χ3n) is 3.98. The van der Waals surface area contributed by atoms with Gasteiger partial charge in [-0.15, -0.1) is 11.3 Å². The monoisotopic (exact) mass is 393 g/mol. The molecule has 0 atom stereocenters. The second kappa shape index (κ2) is 7.61. The van der Waals surface area contributed by atoms with Gasteiger partial charge < -0.3 is 9.26 Å². The van der Waals surface area contributed by atoms with Gasteiger partial charge in [0.05, 0.1) is 10.6 Å². The predicted molar refractivity (Wildman–Crippen MR) is 104 cm³/mol. The Hall–Kier alpha value is -3.52. The normalized spacial score (nSPS) is 10.8. The lowest BCUT2D eigenvalue weighted by molar-refractivity contribution is 0.0453. The first-order chi connectivity index (χ1) is 13.6. The Kier molecular flexibility index (Phi) is 4.86. The number of para-hydroxylation sites is 1. The Morgan fingerprint density at radius 2 is 2.00 bits per heavy atom. The number of carbonyl (C=O) groups is 1. The molecule has 0 radical (unpaired) electrons. The number of thiophene rings is 1. The van der Waals surface area contributed by atoms with Crippen LogP contribution in [0.5, 0.6) is 0 Å². The van der Waals surface area contributed by atoms with Crippen LogP contribution in [-0.4, -0.2) is 20.9 Å². The minimum atomic E-state index is -0.810. The van der Waals surface area contributed by atoms with Crippen LogP contribution in [0, 0.1) is 6.92 Å². The molecule has 0 bridgehead atoms. The number of carbonyl (C=O) groups excluding carboxylic acids is 1. The minimum absolute atomic E-state index is 0.117. The van der Waals surface area contributed by atoms with Crippen LogP contribution in [0.3, 0.4) is 0 Å². The molecule has 0 saturated heterocycles. The third-order valence-corrected chi connectivity index (χ3v) is 4.86. The van der Waals surface area contributed by atoms with Crippen molar-refractivity contribution in [2.45, 2.75) is 13.5 Å². The summed E-state index contributed by atoms with van der Waals surface area (Å²) in [7, 11) is 0. The van der Waals surface area contributed by atoms with Gasteiger partial charge in [0.2, 0.25) is 11.1 Å². The van der Waals surface area contributed by atoms with Crippen molar-refractivity contribution in [2.24, 2.45) is 0 Å². The molecule has 28 heavy (non-hydrogen) atoms. The van der Waals surface area contributed by atoms with Gasteiger partial charge in [-0.3, -0.25) is 4.79 Å². The molecule has 0 aliphatic carbocycles. The van der Waals surface area contributed by atoms with Crippen molar-refractivity contribution >= 4 is 17.3 Å². The molecular weight excluding hydrogens is 378 g/mol. The molecule has 0 aliphatic heterocycles. The Labute approximate surface area is 163 Å². The van der Waals surface area contributed by atoms with Crippen LogP contribution in [0.1, 0.15) is 21.9 Å². The summed E-state index contributed by atoms with van der Waals surface area (Å²) >= 11 is 1.52. The van der Waals surface area contributed by atoms with Crippen LogP contribution < -0.4 is 5.43 Å². The lowest BCUT2D eigenvalue weighted by Gasteiger charge is -2.10. The van der Waals surface area contributed by atoms with E-state index in [9.17, 15) is 9.59 Å². The van der Waals surface area contributed by atoms with Crippen molar-refractivity contribution in [3.05, 3.63) is 87.3 Å². The quantitative estimate of drug-likeness (QED) is 0.481. The van der Waals surface area contributed by atoms with Crippen LogP contribution in [0.15, 0.2) is 69.3 Å². The number of rotatable bonds is 5. The van der Waals surface area contributed by atoms with Gasteiger partial charge in [0.25, 0.3) is 0 Å². The Balaban J connectivity index is 1.53. The Morgan fingerprint density at radius 3 is 2.75 bits per heavy atom. The summed E-state index contributed by atoms with van der Waals surface area (Å²) in [6.45, 7) is 1.63. The highest BCUT2D eigenvalue weighted by Gasteiger charge is 2.18. The van der Waals surface area contributed by atoms with E-state index in [1.54, 1.807) is 13.0 Å². The lowest BCUT2D eigenvalue weighted by Crippen LogP contribution is -2.24. The van der Waals surface area contributed by atoms with Gasteiger partial charge in [0, 0.05) is 17.8 Å². The van der Waals surface area contributed by atoms with Crippen molar-refractivity contribution in [1.82, 2.24) is 14.9 Å². The highest BCUT2D eigenvalue weighted by Crippen LogP contribution is 2.25. The SMILES string of the molecule is Cc1cc(=O)c(C(=O)OCc2cc(-c3cccs3)on2)nn1-c1ccccc1. The second-order valence-electron chi connectivity index (χ2n) is 5.98. The first kappa shape index (κ1) is 17.9. The lowest BCUT2D eigenvalue weighted by atomic mass is 10.3. The van der Waals surface area contributed by atoms with E-state index < -0.39 is 11.4 Å². The molecule has 0 unspecified atom stereocenters. The average molecular weight is 393 g/mol. The zero-order valence-electron chi connectivity index (χ0n) is 14.9. The van der Waals surface area contributed by atoms with Crippen molar-refractivity contribution < 1.29 is 14.1 Å². The molecule has 4 rings (SSSR count). The van der Waals surface area contributed by atoms with Crippen LogP contribution in [-0.2, 0) is 11.3 Å². The number of esters is 1. The molecule has 1 aromatic carbocycles. The van der Waals surface area contributed by atoms with Gasteiger partial charge in [-0.1, -0.05) is 29.4 Å². The first-order valence-corrected chi connectivity index (χ1v) is 9.33. The van der Waals surface area contributed by atoms with E-state index >= 15 is 0 Å². The number of ether oxygens (including phenoxy) is 1. The van der Waals surface area contributed by atoms with Crippen LogP contribution in [0.4, 0.5) is 0 Å². The van der Waals surface area contributed by atoms with Crippen molar-refractivity contribution in [3.8, 4) is 16.3 Å². The van der Waals surface area contributed by atoms with Crippen LogP contribution >= 0.6 is 11.3 Å². The fourth-order valence-corrected chi connectivity index (χ4v) is 3.32. The third kappa shape index (κ3) is 3.63. The molecule has 3 heterocycles. The maximum atomic E-state index is 12.4. The average Bonchev–Trinajstić information content (AvgIpc) is 3.38. The maximum Gasteiger partial charge on any atom is 0.363 e. The van der Waals surface area contributed by atoms with E-state index in [1.807, 2.05) is 47.8 Å². The summed E-state index contributed by atoms with van der Waals surface area (Å²) in [5.41, 5.74) is 1.04. The number of hydrogen-bond acceptors (Lipinski definition) is 7. The summed E-state index contributed by atoms with van der Waals surface area (Å²) in [5.74, 6) is -0.212. The first-order valence-electron chi connectivity index (χ1n) is 8.45. The van der Waals surface area contributed by atoms with E-state index in [0.717, 1.165) is 10.6 Å². The number of nitrogens with zero attached hydrogens (tertiary/aromatic N) is 3. The summed E-state index contributed by atoms with van der Waals surface area (Å²) in [4.78, 5) is 25.6. The summed E-state index contributed by atoms with van der Waals surface area (Å²) in [6.07, 6.45) is 0. The van der Waals surface area contributed by atoms with E-state index in [4.69, 9.17) is 9.26 Å². The standard InChI is InChI=1S/C20H15N3O4S/c1-13-10-16(24)19(21-23(13)15-6-3-2-4-7-15)20(25)26-12-14-11-17(27-22-14)18-8-5-9-28-18/h2-11H,12H2,1H3. The van der Waals surface area contributed by atoms with Gasteiger partial charge in [-0.2, -0.15) is 5.10 Å². The largest absolute Gasteiger partial charge is 0.454 e. The molecule has 3 aromatic heterocycles. The fraction of sp³-hybridized carbons (Fsp3) is 0.100. The highest BCUT2D eigenvalue weighted by atomic mass is 32.1. The molecule has 0 aliphatic rings. The maximum absolute atomic E-state index is 12.4. The van der Waals surface area contributed by atoms with E-state index in [-0.39, 0.29) is 12.3 Å². The van der Waals surface area contributed by atoms with Gasteiger partial charge in [-0.05, 0) is 30.5 Å². The number of hydrogen-bond donors (Lipinski definition) is 0. The van der Waals surface area contributed by atoms with Crippen molar-refractivity contribution in [2.75, 3.05) is 0 Å². The molecule has 7 nitrogen and oxygen atoms in total. The summed E-state index contributed by atoms with van der Waals surface area (Å²) in [5, 5.41) is 10.0. The van der Waals surface area contributed by atoms with Crippen LogP contribution in [0.25, 0.3) is 16.3 Å². The predicted octanol–water partition coefficient (Wildman–Crippen LogP) is 3.61. The molecule has 0 saturated carbocycles. The fourth-order valence-electron chi connectivity index (χ4n) is 2.64. The minimum Gasteiger partial charge on any atom is -0.454 e. The molecule has 0 spiro atoms. The zero-order chi connectivity index (χ0) is 19.5. The number of aryl methyl sites for hydroxylation is 1. The van der Waals surface area contributed by atoms with E-state index in [1.165, 1.54) is 22.1 Å². The van der Waals surface area contributed by atoms with Gasteiger partial charge in [0.1, 0.15) is 12.3 Å².